The van der Waals surface area contributed by atoms with Gasteiger partial charge >= 0.3 is 7.82 Å². The Morgan fingerprint density at radius 1 is 0.857 bits per heavy atom. The third-order valence-electron chi connectivity index (χ3n) is 3.60. The van der Waals surface area contributed by atoms with E-state index < -0.39 is 7.82 Å². The minimum atomic E-state index is -3.37. The molecule has 0 aromatic heterocycles. The molecule has 6 heteroatoms. The molecule has 21 heavy (non-hydrogen) atoms. The van der Waals surface area contributed by atoms with Crippen LogP contribution in [0.15, 0.2) is 0 Å². The number of hydrogen-bond donors (Lipinski definition) is 0. The Hall–Kier alpha value is 0.0700. The summed E-state index contributed by atoms with van der Waals surface area (Å²) >= 11 is 0. The maximum Gasteiger partial charge on any atom is 0.474 e. The summed E-state index contributed by atoms with van der Waals surface area (Å²) in [7, 11) is -3.37. The predicted octanol–water partition coefficient (Wildman–Crippen LogP) is 4.23. The molecule has 1 rings (SSSR count). The van der Waals surface area contributed by atoms with Gasteiger partial charge in [0.25, 0.3) is 0 Å². The number of likely N-dealkylation sites (tertiary alicyclic amines) is 1. The first-order chi connectivity index (χ1) is 10.2. The highest BCUT2D eigenvalue weighted by Gasteiger charge is 2.26. The van der Waals surface area contributed by atoms with Gasteiger partial charge in [-0.25, -0.2) is 4.57 Å². The second-order valence-electron chi connectivity index (χ2n) is 5.56. The molecule has 1 fully saturated rings. The van der Waals surface area contributed by atoms with Gasteiger partial charge in [-0.3, -0.25) is 13.6 Å². The standard InChI is InChI=1S/C15H32NO4P/c1-3-5-13-18-21(17,19-14-6-4-2)20-15-12-16-10-8-7-9-11-16/h3-15H2,1-2H3. The summed E-state index contributed by atoms with van der Waals surface area (Å²) in [6.45, 7) is 8.45. The Labute approximate surface area is 129 Å². The Balaban J connectivity index is 2.30. The van der Waals surface area contributed by atoms with Crippen LogP contribution in [0.4, 0.5) is 0 Å². The van der Waals surface area contributed by atoms with Crippen molar-refractivity contribution >= 4 is 7.82 Å². The predicted molar refractivity (Wildman–Crippen MR) is 85.6 cm³/mol. The molecule has 1 saturated heterocycles. The number of rotatable bonds is 12. The third-order valence-corrected chi connectivity index (χ3v) is 5.10. The van der Waals surface area contributed by atoms with Crippen LogP contribution in [0, 0.1) is 0 Å². The number of nitrogens with zero attached hydrogens (tertiary/aromatic N) is 1. The summed E-state index contributed by atoms with van der Waals surface area (Å²) in [5.74, 6) is 0. The van der Waals surface area contributed by atoms with E-state index in [2.05, 4.69) is 18.7 Å². The highest BCUT2D eigenvalue weighted by molar-refractivity contribution is 7.48. The van der Waals surface area contributed by atoms with Crippen LogP contribution in [0.2, 0.25) is 0 Å². The Kier molecular flexibility index (Phi) is 10.6. The first kappa shape index (κ1) is 19.1. The van der Waals surface area contributed by atoms with Gasteiger partial charge in [0, 0.05) is 6.54 Å². The number of phosphoric ester groups is 1. The fraction of sp³-hybridized carbons (Fsp3) is 1.00. The van der Waals surface area contributed by atoms with E-state index >= 15 is 0 Å². The van der Waals surface area contributed by atoms with Gasteiger partial charge in [0.15, 0.2) is 0 Å². The van der Waals surface area contributed by atoms with E-state index in [0.29, 0.717) is 19.8 Å². The summed E-state index contributed by atoms with van der Waals surface area (Å²) in [6.07, 6.45) is 7.56. The molecule has 5 nitrogen and oxygen atoms in total. The molecule has 1 aliphatic rings. The van der Waals surface area contributed by atoms with Crippen molar-refractivity contribution in [2.24, 2.45) is 0 Å². The topological polar surface area (TPSA) is 48.0 Å². The quantitative estimate of drug-likeness (QED) is 0.398. The molecule has 0 unspecified atom stereocenters. The van der Waals surface area contributed by atoms with Crippen LogP contribution in [0.5, 0.6) is 0 Å². The smallest absolute Gasteiger partial charge is 0.301 e. The molecule has 0 N–H and O–H groups in total. The third kappa shape index (κ3) is 8.94. The van der Waals surface area contributed by atoms with Gasteiger partial charge in [-0.15, -0.1) is 0 Å². The molecule has 0 aromatic carbocycles. The summed E-state index contributed by atoms with van der Waals surface area (Å²) in [5.41, 5.74) is 0. The van der Waals surface area contributed by atoms with Crippen molar-refractivity contribution in [2.45, 2.75) is 58.8 Å². The molecule has 0 bridgehead atoms. The van der Waals surface area contributed by atoms with Crippen LogP contribution in [0.1, 0.15) is 58.8 Å². The maximum atomic E-state index is 12.5. The molecule has 1 aliphatic heterocycles. The van der Waals surface area contributed by atoms with Crippen molar-refractivity contribution < 1.29 is 18.1 Å². The van der Waals surface area contributed by atoms with E-state index in [1.54, 1.807) is 0 Å². The zero-order valence-corrected chi connectivity index (χ0v) is 14.6. The van der Waals surface area contributed by atoms with Crippen molar-refractivity contribution in [1.82, 2.24) is 4.90 Å². The van der Waals surface area contributed by atoms with E-state index in [0.717, 1.165) is 45.3 Å². The van der Waals surface area contributed by atoms with Crippen molar-refractivity contribution in [3.05, 3.63) is 0 Å². The summed E-state index contributed by atoms with van der Waals surface area (Å²) in [6, 6.07) is 0. The first-order valence-electron chi connectivity index (χ1n) is 8.46. The maximum absolute atomic E-state index is 12.5. The van der Waals surface area contributed by atoms with Crippen molar-refractivity contribution in [3.63, 3.8) is 0 Å². The summed E-state index contributed by atoms with van der Waals surface area (Å²) in [4.78, 5) is 2.35. The van der Waals surface area contributed by atoms with E-state index in [1.807, 2.05) is 0 Å². The summed E-state index contributed by atoms with van der Waals surface area (Å²) in [5, 5.41) is 0. The van der Waals surface area contributed by atoms with Crippen molar-refractivity contribution in [2.75, 3.05) is 39.5 Å². The minimum Gasteiger partial charge on any atom is -0.301 e. The van der Waals surface area contributed by atoms with E-state index in [9.17, 15) is 4.57 Å². The van der Waals surface area contributed by atoms with Crippen LogP contribution >= 0.6 is 7.82 Å². The van der Waals surface area contributed by atoms with E-state index in [1.165, 1.54) is 19.3 Å². The Morgan fingerprint density at radius 3 is 1.90 bits per heavy atom. The van der Waals surface area contributed by atoms with Gasteiger partial charge in [-0.1, -0.05) is 33.1 Å². The zero-order valence-electron chi connectivity index (χ0n) is 13.7. The average molecular weight is 321 g/mol. The van der Waals surface area contributed by atoms with Crippen LogP contribution in [-0.4, -0.2) is 44.4 Å². The second-order valence-corrected chi connectivity index (χ2v) is 7.23. The number of phosphoric acid groups is 1. The lowest BCUT2D eigenvalue weighted by Crippen LogP contribution is -2.32. The summed E-state index contributed by atoms with van der Waals surface area (Å²) < 4.78 is 28.8. The molecular formula is C15H32NO4P. The Morgan fingerprint density at radius 2 is 1.38 bits per heavy atom. The molecule has 0 radical (unpaired) electrons. The molecule has 0 aliphatic carbocycles. The van der Waals surface area contributed by atoms with Crippen molar-refractivity contribution in [1.29, 1.82) is 0 Å². The number of hydrogen-bond acceptors (Lipinski definition) is 5. The Bertz CT molecular complexity index is 281. The largest absolute Gasteiger partial charge is 0.474 e. The molecule has 1 heterocycles. The van der Waals surface area contributed by atoms with Gasteiger partial charge in [-0.05, 0) is 38.8 Å². The van der Waals surface area contributed by atoms with Crippen molar-refractivity contribution in [3.8, 4) is 0 Å². The van der Waals surface area contributed by atoms with E-state index in [-0.39, 0.29) is 0 Å². The van der Waals surface area contributed by atoms with Gasteiger partial charge in [0.1, 0.15) is 0 Å². The minimum absolute atomic E-state index is 0.412. The van der Waals surface area contributed by atoms with Gasteiger partial charge in [-0.2, -0.15) is 0 Å². The van der Waals surface area contributed by atoms with Crippen LogP contribution < -0.4 is 0 Å². The van der Waals surface area contributed by atoms with E-state index in [4.69, 9.17) is 13.6 Å². The molecule has 126 valence electrons. The fourth-order valence-corrected chi connectivity index (χ4v) is 3.45. The highest BCUT2D eigenvalue weighted by atomic mass is 31.2. The SMILES string of the molecule is CCCCOP(=O)(OCCCC)OCCN1CCCCC1. The molecule has 0 atom stereocenters. The number of piperidine rings is 1. The lowest BCUT2D eigenvalue weighted by atomic mass is 10.1. The second kappa shape index (κ2) is 11.6. The highest BCUT2D eigenvalue weighted by Crippen LogP contribution is 2.49. The van der Waals surface area contributed by atoms with Gasteiger partial charge < -0.3 is 4.90 Å². The van der Waals surface area contributed by atoms with Crippen LogP contribution in [0.3, 0.4) is 0 Å². The molecule has 0 spiro atoms. The fourth-order valence-electron chi connectivity index (χ4n) is 2.22. The average Bonchev–Trinajstić information content (AvgIpc) is 2.49. The monoisotopic (exact) mass is 321 g/mol. The zero-order chi connectivity index (χ0) is 15.4. The molecule has 0 saturated carbocycles. The lowest BCUT2D eigenvalue weighted by molar-refractivity contribution is 0.0965. The molecular weight excluding hydrogens is 289 g/mol. The van der Waals surface area contributed by atoms with Gasteiger partial charge in [0.05, 0.1) is 19.8 Å². The first-order valence-corrected chi connectivity index (χ1v) is 9.92. The normalized spacial score (nSPS) is 17.2. The number of unbranched alkanes of at least 4 members (excludes halogenated alkanes) is 2. The van der Waals surface area contributed by atoms with Crippen LogP contribution in [-0.2, 0) is 18.1 Å². The van der Waals surface area contributed by atoms with Gasteiger partial charge in [0.2, 0.25) is 0 Å². The molecule has 0 amide bonds. The van der Waals surface area contributed by atoms with Crippen LogP contribution in [0.25, 0.3) is 0 Å². The molecule has 0 aromatic rings. The lowest BCUT2D eigenvalue weighted by Gasteiger charge is -2.27.